The number of sulfonamides is 1. The van der Waals surface area contributed by atoms with Gasteiger partial charge in [-0.15, -0.1) is 0 Å². The lowest BCUT2D eigenvalue weighted by molar-refractivity contribution is -0.124. The van der Waals surface area contributed by atoms with Crippen LogP contribution in [0.4, 0.5) is 5.69 Å². The lowest BCUT2D eigenvalue weighted by atomic mass is 10.2. The molecule has 7 nitrogen and oxygen atoms in total. The number of carbonyl (C=O) groups excluding carboxylic acids is 2. The molecule has 0 bridgehead atoms. The predicted octanol–water partition coefficient (Wildman–Crippen LogP) is 2.42. The summed E-state index contributed by atoms with van der Waals surface area (Å²) in [5, 5.41) is 2.64. The van der Waals surface area contributed by atoms with Crippen molar-refractivity contribution in [2.24, 2.45) is 5.92 Å². The van der Waals surface area contributed by atoms with Gasteiger partial charge in [-0.3, -0.25) is 9.52 Å². The molecule has 27 heavy (non-hydrogen) atoms. The van der Waals surface area contributed by atoms with Gasteiger partial charge in [0.2, 0.25) is 0 Å². The van der Waals surface area contributed by atoms with Crippen molar-refractivity contribution in [1.82, 2.24) is 5.32 Å². The molecule has 1 amide bonds. The first kappa shape index (κ1) is 20.4. The highest BCUT2D eigenvalue weighted by atomic mass is 32.2. The Morgan fingerprint density at radius 3 is 2.22 bits per heavy atom. The Labute approximate surface area is 158 Å². The van der Waals surface area contributed by atoms with Crippen LogP contribution in [0.3, 0.4) is 0 Å². The van der Waals surface area contributed by atoms with E-state index in [9.17, 15) is 18.0 Å². The number of ether oxygens (including phenoxy) is 1. The van der Waals surface area contributed by atoms with Gasteiger partial charge in [-0.2, -0.15) is 0 Å². The summed E-state index contributed by atoms with van der Waals surface area (Å²) in [4.78, 5) is 23.6. The number of carbonyl (C=O) groups is 2. The predicted molar refractivity (Wildman–Crippen MR) is 102 cm³/mol. The Hall–Kier alpha value is -2.87. The molecule has 144 valence electrons. The second-order valence-corrected chi connectivity index (χ2v) is 7.95. The zero-order chi connectivity index (χ0) is 19.9. The first-order chi connectivity index (χ1) is 12.8. The molecule has 2 aromatic rings. The summed E-state index contributed by atoms with van der Waals surface area (Å²) in [6, 6.07) is 13.8. The zero-order valence-corrected chi connectivity index (χ0v) is 16.0. The molecule has 0 heterocycles. The standard InChI is InChI=1S/C19H22N2O5S/c1-14(2)12-20-18(22)13-26-19(23)15-8-10-17(11-9-15)27(24,25)21-16-6-4-3-5-7-16/h3-11,14,21H,12-13H2,1-2H3,(H,20,22). The maximum absolute atomic E-state index is 12.3. The molecular weight excluding hydrogens is 368 g/mol. The molecule has 0 atom stereocenters. The molecule has 0 fully saturated rings. The maximum Gasteiger partial charge on any atom is 0.338 e. The summed E-state index contributed by atoms with van der Waals surface area (Å²) in [5.41, 5.74) is 0.596. The number of anilines is 1. The monoisotopic (exact) mass is 390 g/mol. The first-order valence-electron chi connectivity index (χ1n) is 8.39. The highest BCUT2D eigenvalue weighted by molar-refractivity contribution is 7.92. The van der Waals surface area contributed by atoms with Crippen LogP contribution in [0.1, 0.15) is 24.2 Å². The Morgan fingerprint density at radius 1 is 1.00 bits per heavy atom. The molecule has 0 unspecified atom stereocenters. The van der Waals surface area contributed by atoms with E-state index in [2.05, 4.69) is 10.0 Å². The van der Waals surface area contributed by atoms with Crippen molar-refractivity contribution in [3.05, 3.63) is 60.2 Å². The molecular formula is C19H22N2O5S. The smallest absolute Gasteiger partial charge is 0.338 e. The van der Waals surface area contributed by atoms with E-state index in [4.69, 9.17) is 4.74 Å². The summed E-state index contributed by atoms with van der Waals surface area (Å²) in [6.07, 6.45) is 0. The molecule has 0 aliphatic rings. The van der Waals surface area contributed by atoms with Gasteiger partial charge in [0.25, 0.3) is 15.9 Å². The van der Waals surface area contributed by atoms with E-state index >= 15 is 0 Å². The average molecular weight is 390 g/mol. The van der Waals surface area contributed by atoms with Crippen molar-refractivity contribution >= 4 is 27.6 Å². The number of para-hydroxylation sites is 1. The Morgan fingerprint density at radius 2 is 1.63 bits per heavy atom. The summed E-state index contributed by atoms with van der Waals surface area (Å²) in [5.74, 6) is -0.790. The van der Waals surface area contributed by atoms with Gasteiger partial charge >= 0.3 is 5.97 Å². The molecule has 0 spiro atoms. The van der Waals surface area contributed by atoms with Crippen LogP contribution in [-0.4, -0.2) is 33.4 Å². The number of hydrogen-bond donors (Lipinski definition) is 2. The number of nitrogens with one attached hydrogen (secondary N) is 2. The van der Waals surface area contributed by atoms with E-state index in [0.29, 0.717) is 18.2 Å². The van der Waals surface area contributed by atoms with E-state index in [1.54, 1.807) is 30.3 Å². The molecule has 0 radical (unpaired) electrons. The Bertz CT molecular complexity index is 878. The molecule has 0 saturated carbocycles. The molecule has 0 saturated heterocycles. The third-order valence-corrected chi connectivity index (χ3v) is 4.87. The second-order valence-electron chi connectivity index (χ2n) is 6.27. The number of amides is 1. The van der Waals surface area contributed by atoms with Crippen molar-refractivity contribution < 1.29 is 22.7 Å². The quantitative estimate of drug-likeness (QED) is 0.674. The van der Waals surface area contributed by atoms with Gasteiger partial charge < -0.3 is 10.1 Å². The summed E-state index contributed by atoms with van der Waals surface area (Å²) < 4.78 is 32.1. The van der Waals surface area contributed by atoms with E-state index in [1.165, 1.54) is 24.3 Å². The van der Waals surface area contributed by atoms with E-state index < -0.39 is 16.0 Å². The first-order valence-corrected chi connectivity index (χ1v) is 9.88. The van der Waals surface area contributed by atoms with Crippen LogP contribution in [0, 0.1) is 5.92 Å². The van der Waals surface area contributed by atoms with Gasteiger partial charge in [-0.25, -0.2) is 13.2 Å². The molecule has 0 aliphatic carbocycles. The number of esters is 1. The summed E-state index contributed by atoms with van der Waals surface area (Å²) in [6.45, 7) is 4.02. The minimum absolute atomic E-state index is 0.0116. The molecule has 0 aromatic heterocycles. The molecule has 2 rings (SSSR count). The number of rotatable bonds is 8. The summed E-state index contributed by atoms with van der Waals surface area (Å²) in [7, 11) is -3.76. The molecule has 0 aliphatic heterocycles. The minimum atomic E-state index is -3.76. The lowest BCUT2D eigenvalue weighted by Gasteiger charge is -2.09. The van der Waals surface area contributed by atoms with Crippen LogP contribution in [0.25, 0.3) is 0 Å². The maximum atomic E-state index is 12.3. The van der Waals surface area contributed by atoms with Crippen molar-refractivity contribution in [1.29, 1.82) is 0 Å². The second kappa shape index (κ2) is 9.18. The fourth-order valence-electron chi connectivity index (χ4n) is 2.07. The number of hydrogen-bond acceptors (Lipinski definition) is 5. The fourth-order valence-corrected chi connectivity index (χ4v) is 3.13. The van der Waals surface area contributed by atoms with Gasteiger partial charge in [-0.05, 0) is 42.3 Å². The van der Waals surface area contributed by atoms with Crippen LogP contribution in [0.2, 0.25) is 0 Å². The molecule has 2 aromatic carbocycles. The fraction of sp³-hybridized carbons (Fsp3) is 0.263. The minimum Gasteiger partial charge on any atom is -0.452 e. The third-order valence-electron chi connectivity index (χ3n) is 3.47. The van der Waals surface area contributed by atoms with Crippen molar-refractivity contribution in [3.63, 3.8) is 0 Å². The van der Waals surface area contributed by atoms with E-state index in [0.717, 1.165) is 0 Å². The van der Waals surface area contributed by atoms with E-state index in [-0.39, 0.29) is 23.0 Å². The lowest BCUT2D eigenvalue weighted by Crippen LogP contribution is -2.31. The highest BCUT2D eigenvalue weighted by Gasteiger charge is 2.16. The topological polar surface area (TPSA) is 102 Å². The summed E-state index contributed by atoms with van der Waals surface area (Å²) >= 11 is 0. The van der Waals surface area contributed by atoms with Gasteiger partial charge in [0.05, 0.1) is 10.5 Å². The average Bonchev–Trinajstić information content (AvgIpc) is 2.65. The van der Waals surface area contributed by atoms with Crippen LogP contribution in [0.15, 0.2) is 59.5 Å². The van der Waals surface area contributed by atoms with Crippen molar-refractivity contribution in [2.45, 2.75) is 18.7 Å². The van der Waals surface area contributed by atoms with Crippen molar-refractivity contribution in [3.8, 4) is 0 Å². The van der Waals surface area contributed by atoms with E-state index in [1.807, 2.05) is 13.8 Å². The third kappa shape index (κ3) is 6.41. The SMILES string of the molecule is CC(C)CNC(=O)COC(=O)c1ccc(S(=O)(=O)Nc2ccccc2)cc1. The Kier molecular flexibility index (Phi) is 6.95. The van der Waals surface area contributed by atoms with Gasteiger partial charge in [0.1, 0.15) is 0 Å². The zero-order valence-electron chi connectivity index (χ0n) is 15.1. The van der Waals surface area contributed by atoms with Crippen LogP contribution in [-0.2, 0) is 19.6 Å². The Balaban J connectivity index is 1.95. The highest BCUT2D eigenvalue weighted by Crippen LogP contribution is 2.16. The van der Waals surface area contributed by atoms with Gasteiger partial charge in [0, 0.05) is 12.2 Å². The van der Waals surface area contributed by atoms with Gasteiger partial charge in [0.15, 0.2) is 6.61 Å². The largest absolute Gasteiger partial charge is 0.452 e. The van der Waals surface area contributed by atoms with Crippen LogP contribution >= 0.6 is 0 Å². The van der Waals surface area contributed by atoms with Crippen LogP contribution in [0.5, 0.6) is 0 Å². The molecule has 2 N–H and O–H groups in total. The van der Waals surface area contributed by atoms with Gasteiger partial charge in [-0.1, -0.05) is 32.0 Å². The number of benzene rings is 2. The molecule has 8 heteroatoms. The normalized spacial score (nSPS) is 11.1. The van der Waals surface area contributed by atoms with Crippen LogP contribution < -0.4 is 10.0 Å². The van der Waals surface area contributed by atoms with Crippen molar-refractivity contribution in [2.75, 3.05) is 17.9 Å².